The number of anilines is 1. The molecule has 142 valence electrons. The van der Waals surface area contributed by atoms with Gasteiger partial charge in [-0.25, -0.2) is 14.5 Å². The number of carbonyl (C=O) groups is 1. The van der Waals surface area contributed by atoms with Gasteiger partial charge in [0, 0.05) is 22.3 Å². The SMILES string of the molecule is Cc1cc(C)c(-c2csc(NC(=O)c3nc4nc(C)cc(C)n4n3)n2)c(C)c1. The Labute approximate surface area is 166 Å². The molecule has 0 saturated heterocycles. The molecule has 0 aliphatic rings. The number of thiazole rings is 1. The van der Waals surface area contributed by atoms with E-state index in [1.807, 2.05) is 25.3 Å². The Bertz CT molecular complexity index is 1200. The molecule has 0 unspecified atom stereocenters. The van der Waals surface area contributed by atoms with Crippen LogP contribution in [-0.2, 0) is 0 Å². The van der Waals surface area contributed by atoms with Crippen LogP contribution in [0.2, 0.25) is 0 Å². The highest BCUT2D eigenvalue weighted by Crippen LogP contribution is 2.31. The smallest absolute Gasteiger partial charge is 0.295 e. The lowest BCUT2D eigenvalue weighted by Crippen LogP contribution is -2.13. The Morgan fingerprint density at radius 2 is 1.71 bits per heavy atom. The molecule has 0 aliphatic heterocycles. The largest absolute Gasteiger partial charge is 0.297 e. The molecular formula is C20H20N6OS. The highest BCUT2D eigenvalue weighted by Gasteiger charge is 2.17. The summed E-state index contributed by atoms with van der Waals surface area (Å²) < 4.78 is 1.56. The molecule has 1 amide bonds. The summed E-state index contributed by atoms with van der Waals surface area (Å²) in [6.45, 7) is 10.0. The molecule has 0 saturated carbocycles. The fraction of sp³-hybridized carbons (Fsp3) is 0.250. The summed E-state index contributed by atoms with van der Waals surface area (Å²) in [5, 5.41) is 9.52. The van der Waals surface area contributed by atoms with E-state index in [0.717, 1.165) is 22.6 Å². The zero-order valence-electron chi connectivity index (χ0n) is 16.4. The van der Waals surface area contributed by atoms with Crippen LogP contribution in [0.4, 0.5) is 5.13 Å². The first-order valence-corrected chi connectivity index (χ1v) is 9.76. The first-order chi connectivity index (χ1) is 13.3. The molecule has 0 atom stereocenters. The lowest BCUT2D eigenvalue weighted by atomic mass is 9.98. The summed E-state index contributed by atoms with van der Waals surface area (Å²) >= 11 is 1.38. The van der Waals surface area contributed by atoms with Crippen molar-refractivity contribution in [3.8, 4) is 11.3 Å². The van der Waals surface area contributed by atoms with E-state index in [9.17, 15) is 4.79 Å². The highest BCUT2D eigenvalue weighted by molar-refractivity contribution is 7.14. The minimum absolute atomic E-state index is 0.0700. The number of benzene rings is 1. The van der Waals surface area contributed by atoms with E-state index < -0.39 is 5.91 Å². The quantitative estimate of drug-likeness (QED) is 0.569. The number of carbonyl (C=O) groups excluding carboxylic acids is 1. The van der Waals surface area contributed by atoms with Gasteiger partial charge in [0.05, 0.1) is 5.69 Å². The van der Waals surface area contributed by atoms with Crippen LogP contribution in [0.25, 0.3) is 17.0 Å². The summed E-state index contributed by atoms with van der Waals surface area (Å²) in [4.78, 5) is 25.7. The van der Waals surface area contributed by atoms with Crippen molar-refractivity contribution in [1.82, 2.24) is 24.6 Å². The molecule has 1 aromatic carbocycles. The van der Waals surface area contributed by atoms with E-state index >= 15 is 0 Å². The Morgan fingerprint density at radius 3 is 2.43 bits per heavy atom. The van der Waals surface area contributed by atoms with Gasteiger partial charge in [-0.3, -0.25) is 10.1 Å². The van der Waals surface area contributed by atoms with Gasteiger partial charge in [-0.05, 0) is 51.8 Å². The molecule has 4 aromatic rings. The van der Waals surface area contributed by atoms with Crippen LogP contribution in [-0.4, -0.2) is 30.5 Å². The lowest BCUT2D eigenvalue weighted by molar-refractivity contribution is 0.101. The Morgan fingerprint density at radius 1 is 1.00 bits per heavy atom. The van der Waals surface area contributed by atoms with Crippen LogP contribution in [0, 0.1) is 34.6 Å². The molecule has 0 fully saturated rings. The summed E-state index contributed by atoms with van der Waals surface area (Å²) in [5.74, 6) is 0.0785. The third-order valence-electron chi connectivity index (χ3n) is 4.48. The molecule has 1 N–H and O–H groups in total. The zero-order chi connectivity index (χ0) is 20.0. The molecule has 8 heteroatoms. The van der Waals surface area contributed by atoms with Crippen LogP contribution in [0.5, 0.6) is 0 Å². The maximum Gasteiger partial charge on any atom is 0.297 e. The lowest BCUT2D eigenvalue weighted by Gasteiger charge is -2.08. The van der Waals surface area contributed by atoms with Gasteiger partial charge in [-0.2, -0.15) is 4.98 Å². The molecule has 0 radical (unpaired) electrons. The molecule has 0 aliphatic carbocycles. The van der Waals surface area contributed by atoms with Crippen LogP contribution < -0.4 is 5.32 Å². The maximum atomic E-state index is 12.6. The van der Waals surface area contributed by atoms with E-state index in [4.69, 9.17) is 0 Å². The monoisotopic (exact) mass is 392 g/mol. The standard InChI is InChI=1S/C20H20N6OS/c1-10-6-11(2)16(12(3)7-10)15-9-28-20(22-15)24-18(27)17-23-19-21-13(4)8-14(5)26(19)25-17/h6-9H,1-5H3,(H,22,24,27). The van der Waals surface area contributed by atoms with Crippen molar-refractivity contribution < 1.29 is 4.79 Å². The number of rotatable bonds is 3. The van der Waals surface area contributed by atoms with Gasteiger partial charge < -0.3 is 0 Å². The number of nitrogens with zero attached hydrogens (tertiary/aromatic N) is 5. The fourth-order valence-electron chi connectivity index (χ4n) is 3.45. The minimum atomic E-state index is -0.402. The van der Waals surface area contributed by atoms with Crippen LogP contribution in [0.15, 0.2) is 23.6 Å². The second kappa shape index (κ2) is 6.79. The number of amides is 1. The van der Waals surface area contributed by atoms with Crippen molar-refractivity contribution in [3.63, 3.8) is 0 Å². The van der Waals surface area contributed by atoms with Gasteiger partial charge in [0.2, 0.25) is 5.82 Å². The van der Waals surface area contributed by atoms with E-state index in [2.05, 4.69) is 58.3 Å². The van der Waals surface area contributed by atoms with E-state index in [1.54, 1.807) is 4.52 Å². The first kappa shape index (κ1) is 18.2. The predicted octanol–water partition coefficient (Wildman–Crippen LogP) is 4.04. The number of hydrogen-bond donors (Lipinski definition) is 1. The fourth-order valence-corrected chi connectivity index (χ4v) is 4.14. The average molecular weight is 392 g/mol. The molecule has 7 nitrogen and oxygen atoms in total. The van der Waals surface area contributed by atoms with Crippen molar-refractivity contribution in [1.29, 1.82) is 0 Å². The van der Waals surface area contributed by atoms with Crippen LogP contribution in [0.3, 0.4) is 0 Å². The number of nitrogens with one attached hydrogen (secondary N) is 1. The molecule has 4 rings (SSSR count). The minimum Gasteiger partial charge on any atom is -0.295 e. The number of aryl methyl sites for hydroxylation is 5. The third-order valence-corrected chi connectivity index (χ3v) is 5.24. The number of hydrogen-bond acceptors (Lipinski definition) is 6. The van der Waals surface area contributed by atoms with E-state index in [0.29, 0.717) is 10.9 Å². The third kappa shape index (κ3) is 3.27. The van der Waals surface area contributed by atoms with E-state index in [-0.39, 0.29) is 5.82 Å². The molecule has 3 heterocycles. The average Bonchev–Trinajstić information content (AvgIpc) is 3.21. The summed E-state index contributed by atoms with van der Waals surface area (Å²) in [6, 6.07) is 6.17. The highest BCUT2D eigenvalue weighted by atomic mass is 32.1. The van der Waals surface area contributed by atoms with Crippen molar-refractivity contribution in [2.75, 3.05) is 5.32 Å². The number of fused-ring (bicyclic) bond motifs is 1. The summed E-state index contributed by atoms with van der Waals surface area (Å²) in [5.41, 5.74) is 7.21. The Kier molecular flexibility index (Phi) is 4.43. The van der Waals surface area contributed by atoms with E-state index in [1.165, 1.54) is 28.0 Å². The topological polar surface area (TPSA) is 85.1 Å². The van der Waals surface area contributed by atoms with Gasteiger partial charge in [-0.1, -0.05) is 17.7 Å². The molecule has 3 aromatic heterocycles. The summed E-state index contributed by atoms with van der Waals surface area (Å²) in [7, 11) is 0. The second-order valence-electron chi connectivity index (χ2n) is 6.95. The first-order valence-electron chi connectivity index (χ1n) is 8.88. The van der Waals surface area contributed by atoms with Crippen molar-refractivity contribution in [2.24, 2.45) is 0 Å². The molecular weight excluding hydrogens is 372 g/mol. The molecule has 0 spiro atoms. The Balaban J connectivity index is 1.61. The van der Waals surface area contributed by atoms with Crippen LogP contribution in [0.1, 0.15) is 38.7 Å². The Hall–Kier alpha value is -3.13. The van der Waals surface area contributed by atoms with Gasteiger partial charge in [0.25, 0.3) is 11.7 Å². The van der Waals surface area contributed by atoms with Gasteiger partial charge in [0.15, 0.2) is 5.13 Å². The van der Waals surface area contributed by atoms with Gasteiger partial charge in [0.1, 0.15) is 0 Å². The van der Waals surface area contributed by atoms with Crippen molar-refractivity contribution in [3.05, 3.63) is 57.5 Å². The summed E-state index contributed by atoms with van der Waals surface area (Å²) in [6.07, 6.45) is 0. The normalized spacial score (nSPS) is 11.2. The maximum absolute atomic E-state index is 12.6. The number of aromatic nitrogens is 5. The van der Waals surface area contributed by atoms with Gasteiger partial charge >= 0.3 is 0 Å². The van der Waals surface area contributed by atoms with Crippen LogP contribution >= 0.6 is 11.3 Å². The van der Waals surface area contributed by atoms with Gasteiger partial charge in [-0.15, -0.1) is 16.4 Å². The predicted molar refractivity (Wildman–Crippen MR) is 110 cm³/mol. The van der Waals surface area contributed by atoms with Crippen molar-refractivity contribution in [2.45, 2.75) is 34.6 Å². The molecule has 28 heavy (non-hydrogen) atoms. The zero-order valence-corrected chi connectivity index (χ0v) is 17.2. The van der Waals surface area contributed by atoms with Crippen molar-refractivity contribution >= 4 is 28.2 Å². The molecule has 0 bridgehead atoms. The second-order valence-corrected chi connectivity index (χ2v) is 7.81.